The predicted molar refractivity (Wildman–Crippen MR) is 135 cm³/mol. The molecule has 0 saturated carbocycles. The third-order valence-electron chi connectivity index (χ3n) is 7.39. The molecule has 3 aliphatic heterocycles. The highest BCUT2D eigenvalue weighted by Crippen LogP contribution is 2.38. The Hall–Kier alpha value is -2.52. The van der Waals surface area contributed by atoms with Crippen LogP contribution in [0.4, 0.5) is 5.69 Å². The van der Waals surface area contributed by atoms with Gasteiger partial charge in [0.1, 0.15) is 11.9 Å². The molecule has 34 heavy (non-hydrogen) atoms. The summed E-state index contributed by atoms with van der Waals surface area (Å²) in [6.07, 6.45) is 5.52. The Morgan fingerprint density at radius 1 is 1.18 bits per heavy atom. The lowest BCUT2D eigenvalue weighted by Crippen LogP contribution is -2.43. The van der Waals surface area contributed by atoms with E-state index in [0.29, 0.717) is 41.4 Å². The summed E-state index contributed by atoms with van der Waals surface area (Å²) < 4.78 is 6.31. The lowest BCUT2D eigenvalue weighted by Gasteiger charge is -2.36. The fourth-order valence-electron chi connectivity index (χ4n) is 5.50. The number of piperidine rings is 1. The number of fused-ring (bicyclic) bond motifs is 3. The van der Waals surface area contributed by atoms with Gasteiger partial charge in [0.25, 0.3) is 5.91 Å². The first kappa shape index (κ1) is 23.2. The topological polar surface area (TPSA) is 53.0 Å². The first-order valence-electron chi connectivity index (χ1n) is 12.2. The summed E-state index contributed by atoms with van der Waals surface area (Å²) in [6.45, 7) is 2.31. The van der Waals surface area contributed by atoms with E-state index in [1.807, 2.05) is 36.4 Å². The zero-order chi connectivity index (χ0) is 23.8. The van der Waals surface area contributed by atoms with Crippen LogP contribution in [0.15, 0.2) is 36.4 Å². The molecule has 0 radical (unpaired) electrons. The molecule has 178 valence electrons. The van der Waals surface area contributed by atoms with Gasteiger partial charge < -0.3 is 19.6 Å². The highest BCUT2D eigenvalue weighted by atomic mass is 35.5. The molecule has 3 aliphatic rings. The number of halogens is 1. The zero-order valence-corrected chi connectivity index (χ0v) is 20.5. The van der Waals surface area contributed by atoms with E-state index < -0.39 is 6.10 Å². The smallest absolute Gasteiger partial charge is 0.258 e. The molecule has 2 fully saturated rings. The highest BCUT2D eigenvalue weighted by Gasteiger charge is 2.39. The van der Waals surface area contributed by atoms with Crippen LogP contribution in [-0.4, -0.2) is 53.8 Å². The van der Waals surface area contributed by atoms with E-state index in [4.69, 9.17) is 16.3 Å². The average Bonchev–Trinajstić information content (AvgIpc) is 3.01. The van der Waals surface area contributed by atoms with Crippen LogP contribution in [0.3, 0.4) is 0 Å². The molecule has 0 aromatic heterocycles. The number of hydrogen-bond donors (Lipinski definition) is 1. The van der Waals surface area contributed by atoms with Crippen LogP contribution in [0.1, 0.15) is 60.5 Å². The Labute approximate surface area is 206 Å². The van der Waals surface area contributed by atoms with E-state index in [0.717, 1.165) is 36.1 Å². The van der Waals surface area contributed by atoms with Gasteiger partial charge in [0, 0.05) is 41.9 Å². The number of rotatable bonds is 4. The maximum Gasteiger partial charge on any atom is 0.258 e. The third kappa shape index (κ3) is 4.68. The second-order valence-corrected chi connectivity index (χ2v) is 10.2. The molecule has 0 spiro atoms. The van der Waals surface area contributed by atoms with Crippen molar-refractivity contribution in [2.24, 2.45) is 0 Å². The van der Waals surface area contributed by atoms with Crippen LogP contribution < -0.4 is 9.64 Å². The molecule has 1 N–H and O–H groups in total. The molecule has 2 bridgehead atoms. The Kier molecular flexibility index (Phi) is 6.57. The summed E-state index contributed by atoms with van der Waals surface area (Å²) in [4.78, 5) is 17.5. The minimum Gasteiger partial charge on any atom is -0.489 e. The van der Waals surface area contributed by atoms with Gasteiger partial charge in [-0.05, 0) is 88.0 Å². The number of amides is 1. The number of anilines is 1. The molecule has 5 nitrogen and oxygen atoms in total. The lowest BCUT2D eigenvalue weighted by molar-refractivity contribution is 0.0662. The second-order valence-electron chi connectivity index (χ2n) is 9.81. The van der Waals surface area contributed by atoms with E-state index >= 15 is 0 Å². The SMILES string of the molecule is CC(O)CC#Cc1ccc2c(c1)CCN(c1ccc(OC3C[C@H]4CC[C@@H](C3)N4C)c(Cl)c1)C2=O. The summed E-state index contributed by atoms with van der Waals surface area (Å²) in [5, 5.41) is 9.92. The molecular weight excluding hydrogens is 448 g/mol. The number of aliphatic hydroxyl groups excluding tert-OH is 1. The van der Waals surface area contributed by atoms with Crippen molar-refractivity contribution in [3.8, 4) is 17.6 Å². The second kappa shape index (κ2) is 9.62. The molecule has 5 rings (SSSR count). The molecule has 4 atom stereocenters. The molecule has 0 aliphatic carbocycles. The van der Waals surface area contributed by atoms with Gasteiger partial charge >= 0.3 is 0 Å². The van der Waals surface area contributed by atoms with Crippen molar-refractivity contribution in [2.45, 2.75) is 69.7 Å². The van der Waals surface area contributed by atoms with Crippen LogP contribution in [0.5, 0.6) is 5.75 Å². The van der Waals surface area contributed by atoms with Crippen molar-refractivity contribution >= 4 is 23.2 Å². The molecule has 2 saturated heterocycles. The Bertz CT molecular complexity index is 1140. The fraction of sp³-hybridized carbons (Fsp3) is 0.464. The summed E-state index contributed by atoms with van der Waals surface area (Å²) in [7, 11) is 2.22. The van der Waals surface area contributed by atoms with Gasteiger partial charge in [-0.2, -0.15) is 0 Å². The van der Waals surface area contributed by atoms with E-state index in [2.05, 4.69) is 23.8 Å². The number of nitrogens with zero attached hydrogens (tertiary/aromatic N) is 2. The Balaban J connectivity index is 1.28. The van der Waals surface area contributed by atoms with E-state index in [1.54, 1.807) is 11.8 Å². The van der Waals surface area contributed by atoms with Crippen LogP contribution in [0.25, 0.3) is 0 Å². The molecule has 2 unspecified atom stereocenters. The van der Waals surface area contributed by atoms with E-state index in [-0.39, 0.29) is 12.0 Å². The molecule has 3 heterocycles. The Morgan fingerprint density at radius 2 is 1.94 bits per heavy atom. The van der Waals surface area contributed by atoms with Crippen molar-refractivity contribution in [3.63, 3.8) is 0 Å². The van der Waals surface area contributed by atoms with Crippen LogP contribution in [0.2, 0.25) is 5.02 Å². The standard InChI is InChI=1S/C28H31ClN2O3/c1-18(32)4-3-5-19-6-10-25-20(14-19)12-13-31(28(25)33)23-9-11-27(26(29)17-23)34-24-15-21-7-8-22(16-24)30(21)2/h6,9-11,14,17-18,21-22,24,32H,4,7-8,12-13,15-16H2,1-2H3/t18?,21-,22+,24?. The summed E-state index contributed by atoms with van der Waals surface area (Å²) in [6, 6.07) is 12.6. The van der Waals surface area contributed by atoms with Crippen molar-refractivity contribution < 1.29 is 14.6 Å². The van der Waals surface area contributed by atoms with Crippen LogP contribution in [0, 0.1) is 11.8 Å². The maximum absolute atomic E-state index is 13.2. The lowest BCUT2D eigenvalue weighted by atomic mass is 9.96. The van der Waals surface area contributed by atoms with Crippen molar-refractivity contribution in [1.29, 1.82) is 0 Å². The minimum absolute atomic E-state index is 0.0265. The quantitative estimate of drug-likeness (QED) is 0.649. The van der Waals surface area contributed by atoms with Gasteiger partial charge in [-0.25, -0.2) is 0 Å². The van der Waals surface area contributed by atoms with Gasteiger partial charge in [-0.1, -0.05) is 23.4 Å². The molecule has 1 amide bonds. The predicted octanol–water partition coefficient (Wildman–Crippen LogP) is 4.67. The van der Waals surface area contributed by atoms with Gasteiger partial charge in [0.15, 0.2) is 0 Å². The van der Waals surface area contributed by atoms with Gasteiger partial charge in [0.2, 0.25) is 0 Å². The molecule has 6 heteroatoms. The van der Waals surface area contributed by atoms with Crippen LogP contribution >= 0.6 is 11.6 Å². The largest absolute Gasteiger partial charge is 0.489 e. The Morgan fingerprint density at radius 3 is 2.65 bits per heavy atom. The van der Waals surface area contributed by atoms with Gasteiger partial charge in [-0.3, -0.25) is 4.79 Å². The van der Waals surface area contributed by atoms with E-state index in [1.165, 1.54) is 12.8 Å². The number of benzene rings is 2. The van der Waals surface area contributed by atoms with Crippen LogP contribution in [-0.2, 0) is 6.42 Å². The normalized spacial score (nSPS) is 24.9. The molecule has 2 aromatic carbocycles. The number of aliphatic hydroxyl groups is 1. The fourth-order valence-corrected chi connectivity index (χ4v) is 5.72. The first-order chi connectivity index (χ1) is 16.4. The number of carbonyl (C=O) groups is 1. The highest BCUT2D eigenvalue weighted by molar-refractivity contribution is 6.32. The maximum atomic E-state index is 13.2. The van der Waals surface area contributed by atoms with Crippen molar-refractivity contribution in [1.82, 2.24) is 4.90 Å². The average molecular weight is 479 g/mol. The monoisotopic (exact) mass is 478 g/mol. The number of hydrogen-bond acceptors (Lipinski definition) is 4. The van der Waals surface area contributed by atoms with Gasteiger partial charge in [-0.15, -0.1) is 0 Å². The zero-order valence-electron chi connectivity index (χ0n) is 19.8. The molecule has 2 aromatic rings. The van der Waals surface area contributed by atoms with E-state index in [9.17, 15) is 9.90 Å². The van der Waals surface area contributed by atoms with Crippen molar-refractivity contribution in [2.75, 3.05) is 18.5 Å². The third-order valence-corrected chi connectivity index (χ3v) is 7.69. The molecular formula is C28H31ClN2O3. The van der Waals surface area contributed by atoms with Gasteiger partial charge in [0.05, 0.1) is 11.1 Å². The first-order valence-corrected chi connectivity index (χ1v) is 12.6. The summed E-state index contributed by atoms with van der Waals surface area (Å²) in [5.41, 5.74) is 3.36. The van der Waals surface area contributed by atoms with Crippen molar-refractivity contribution in [3.05, 3.63) is 58.1 Å². The summed E-state index contributed by atoms with van der Waals surface area (Å²) in [5.74, 6) is 6.73. The summed E-state index contributed by atoms with van der Waals surface area (Å²) >= 11 is 6.62. The number of carbonyl (C=O) groups excluding carboxylic acids is 1. The number of ether oxygens (including phenoxy) is 1. The minimum atomic E-state index is -0.441.